The van der Waals surface area contributed by atoms with E-state index in [2.05, 4.69) is 27.2 Å². The third kappa shape index (κ3) is 2.99. The number of rotatable bonds is 6. The van der Waals surface area contributed by atoms with Crippen LogP contribution in [0.4, 0.5) is 5.82 Å². The van der Waals surface area contributed by atoms with Crippen LogP contribution in [0.25, 0.3) is 0 Å². The van der Waals surface area contributed by atoms with E-state index >= 15 is 0 Å². The Morgan fingerprint density at radius 2 is 2.11 bits per heavy atom. The Morgan fingerprint density at radius 1 is 1.28 bits per heavy atom. The summed E-state index contributed by atoms with van der Waals surface area (Å²) in [6, 6.07) is 0.725. The third-order valence-corrected chi connectivity index (χ3v) is 3.97. The highest BCUT2D eigenvalue weighted by molar-refractivity contribution is 5.35. The van der Waals surface area contributed by atoms with Crippen LogP contribution >= 0.6 is 0 Å². The standard InChI is InChI=1S/C14H22N4/c1-18(10-11-3-2-4-11)14-9-15-7-13(17-14)8-16-12-5-6-12/h7,9,11-12,16H,2-6,8,10H2,1H3. The van der Waals surface area contributed by atoms with Gasteiger partial charge in [-0.15, -0.1) is 0 Å². The Hall–Kier alpha value is -1.16. The molecule has 2 saturated carbocycles. The van der Waals surface area contributed by atoms with Crippen molar-refractivity contribution in [3.8, 4) is 0 Å². The van der Waals surface area contributed by atoms with Crippen LogP contribution in [-0.4, -0.2) is 29.6 Å². The van der Waals surface area contributed by atoms with Crippen molar-refractivity contribution < 1.29 is 0 Å². The van der Waals surface area contributed by atoms with Crippen LogP contribution in [0.2, 0.25) is 0 Å². The summed E-state index contributed by atoms with van der Waals surface area (Å²) in [7, 11) is 2.13. The van der Waals surface area contributed by atoms with Crippen molar-refractivity contribution in [1.82, 2.24) is 15.3 Å². The fourth-order valence-corrected chi connectivity index (χ4v) is 2.36. The predicted molar refractivity (Wildman–Crippen MR) is 72.5 cm³/mol. The highest BCUT2D eigenvalue weighted by Crippen LogP contribution is 2.27. The predicted octanol–water partition coefficient (Wildman–Crippen LogP) is 1.96. The van der Waals surface area contributed by atoms with Gasteiger partial charge in [0.25, 0.3) is 0 Å². The number of anilines is 1. The lowest BCUT2D eigenvalue weighted by atomic mass is 9.85. The first-order chi connectivity index (χ1) is 8.81. The van der Waals surface area contributed by atoms with Crippen molar-refractivity contribution in [2.75, 3.05) is 18.5 Å². The van der Waals surface area contributed by atoms with Crippen LogP contribution in [0.15, 0.2) is 12.4 Å². The van der Waals surface area contributed by atoms with Crippen LogP contribution in [-0.2, 0) is 6.54 Å². The molecule has 0 saturated heterocycles. The maximum atomic E-state index is 4.68. The molecule has 1 aromatic rings. The Balaban J connectivity index is 1.57. The van der Waals surface area contributed by atoms with Gasteiger partial charge < -0.3 is 10.2 Å². The number of hydrogen-bond acceptors (Lipinski definition) is 4. The summed E-state index contributed by atoms with van der Waals surface area (Å²) >= 11 is 0. The first-order valence-electron chi connectivity index (χ1n) is 7.07. The van der Waals surface area contributed by atoms with E-state index in [1.807, 2.05) is 12.4 Å². The molecule has 4 nitrogen and oxygen atoms in total. The third-order valence-electron chi connectivity index (χ3n) is 3.97. The quantitative estimate of drug-likeness (QED) is 0.833. The fraction of sp³-hybridized carbons (Fsp3) is 0.714. The number of nitrogens with zero attached hydrogens (tertiary/aromatic N) is 3. The van der Waals surface area contributed by atoms with Gasteiger partial charge in [0, 0.05) is 32.4 Å². The summed E-state index contributed by atoms with van der Waals surface area (Å²) in [6.45, 7) is 1.97. The van der Waals surface area contributed by atoms with Gasteiger partial charge in [-0.25, -0.2) is 4.98 Å². The fourth-order valence-electron chi connectivity index (χ4n) is 2.36. The molecular weight excluding hydrogens is 224 g/mol. The topological polar surface area (TPSA) is 41.1 Å². The largest absolute Gasteiger partial charge is 0.358 e. The first-order valence-corrected chi connectivity index (χ1v) is 7.07. The van der Waals surface area contributed by atoms with E-state index in [0.29, 0.717) is 0 Å². The molecule has 0 unspecified atom stereocenters. The van der Waals surface area contributed by atoms with Gasteiger partial charge in [0.1, 0.15) is 5.82 Å². The van der Waals surface area contributed by atoms with Gasteiger partial charge in [-0.05, 0) is 31.6 Å². The van der Waals surface area contributed by atoms with E-state index in [4.69, 9.17) is 0 Å². The molecule has 4 heteroatoms. The molecule has 0 spiro atoms. The van der Waals surface area contributed by atoms with Crippen LogP contribution < -0.4 is 10.2 Å². The van der Waals surface area contributed by atoms with Gasteiger partial charge in [0.05, 0.1) is 11.9 Å². The van der Waals surface area contributed by atoms with E-state index in [1.165, 1.54) is 32.1 Å². The zero-order valence-corrected chi connectivity index (χ0v) is 11.1. The molecule has 2 fully saturated rings. The number of hydrogen-bond donors (Lipinski definition) is 1. The maximum absolute atomic E-state index is 4.68. The van der Waals surface area contributed by atoms with E-state index in [-0.39, 0.29) is 0 Å². The van der Waals surface area contributed by atoms with Crippen LogP contribution in [0.3, 0.4) is 0 Å². The summed E-state index contributed by atoms with van der Waals surface area (Å²) in [5.74, 6) is 1.88. The summed E-state index contributed by atoms with van der Waals surface area (Å²) in [6.07, 6.45) is 10.5. The Morgan fingerprint density at radius 3 is 2.78 bits per heavy atom. The van der Waals surface area contributed by atoms with Gasteiger partial charge in [0.15, 0.2) is 0 Å². The molecule has 98 valence electrons. The number of nitrogens with one attached hydrogen (secondary N) is 1. The minimum atomic E-state index is 0.725. The molecule has 0 aliphatic heterocycles. The molecule has 1 aromatic heterocycles. The SMILES string of the molecule is CN(CC1CCC1)c1cncc(CNC2CC2)n1. The molecule has 0 atom stereocenters. The van der Waals surface area contributed by atoms with E-state index in [0.717, 1.165) is 36.6 Å². The molecule has 3 rings (SSSR count). The van der Waals surface area contributed by atoms with Gasteiger partial charge in [-0.2, -0.15) is 0 Å². The lowest BCUT2D eigenvalue weighted by Gasteiger charge is -2.30. The first kappa shape index (κ1) is 11.9. The molecule has 2 aliphatic rings. The van der Waals surface area contributed by atoms with Gasteiger partial charge in [-0.1, -0.05) is 6.42 Å². The van der Waals surface area contributed by atoms with Crippen molar-refractivity contribution in [2.24, 2.45) is 5.92 Å². The van der Waals surface area contributed by atoms with Crippen LogP contribution in [0.5, 0.6) is 0 Å². The zero-order chi connectivity index (χ0) is 12.4. The van der Waals surface area contributed by atoms with Crippen molar-refractivity contribution in [2.45, 2.75) is 44.7 Å². The van der Waals surface area contributed by atoms with Crippen molar-refractivity contribution in [3.63, 3.8) is 0 Å². The monoisotopic (exact) mass is 246 g/mol. The normalized spacial score (nSPS) is 19.6. The Kier molecular flexibility index (Phi) is 3.46. The summed E-state index contributed by atoms with van der Waals surface area (Å²) in [5, 5.41) is 3.48. The lowest BCUT2D eigenvalue weighted by molar-refractivity contribution is 0.321. The molecular formula is C14H22N4. The average molecular weight is 246 g/mol. The second kappa shape index (κ2) is 5.22. The minimum Gasteiger partial charge on any atom is -0.358 e. The maximum Gasteiger partial charge on any atom is 0.147 e. The van der Waals surface area contributed by atoms with E-state index in [1.54, 1.807) is 0 Å². The molecule has 1 N–H and O–H groups in total. The van der Waals surface area contributed by atoms with Gasteiger partial charge in [0.2, 0.25) is 0 Å². The smallest absolute Gasteiger partial charge is 0.147 e. The highest BCUT2D eigenvalue weighted by Gasteiger charge is 2.21. The second-order valence-electron chi connectivity index (χ2n) is 5.70. The zero-order valence-electron chi connectivity index (χ0n) is 11.1. The molecule has 0 aromatic carbocycles. The van der Waals surface area contributed by atoms with Crippen molar-refractivity contribution in [1.29, 1.82) is 0 Å². The van der Waals surface area contributed by atoms with E-state index in [9.17, 15) is 0 Å². The summed E-state index contributed by atoms with van der Waals surface area (Å²) in [5.41, 5.74) is 1.06. The molecule has 2 aliphatic carbocycles. The average Bonchev–Trinajstić information content (AvgIpc) is 3.15. The highest BCUT2D eigenvalue weighted by atomic mass is 15.2. The molecule has 18 heavy (non-hydrogen) atoms. The molecule has 0 radical (unpaired) electrons. The Bertz CT molecular complexity index is 399. The van der Waals surface area contributed by atoms with Gasteiger partial charge in [-0.3, -0.25) is 4.98 Å². The second-order valence-corrected chi connectivity index (χ2v) is 5.70. The van der Waals surface area contributed by atoms with Crippen molar-refractivity contribution >= 4 is 5.82 Å². The van der Waals surface area contributed by atoms with Gasteiger partial charge >= 0.3 is 0 Å². The summed E-state index contributed by atoms with van der Waals surface area (Å²) in [4.78, 5) is 11.2. The van der Waals surface area contributed by atoms with E-state index < -0.39 is 0 Å². The number of aromatic nitrogens is 2. The van der Waals surface area contributed by atoms with Crippen LogP contribution in [0, 0.1) is 5.92 Å². The summed E-state index contributed by atoms with van der Waals surface area (Å²) < 4.78 is 0. The minimum absolute atomic E-state index is 0.725. The molecule has 0 amide bonds. The lowest BCUT2D eigenvalue weighted by Crippen LogP contribution is -2.30. The molecule has 0 bridgehead atoms. The molecule has 1 heterocycles. The Labute approximate surface area is 109 Å². The van der Waals surface area contributed by atoms with Crippen LogP contribution in [0.1, 0.15) is 37.8 Å². The van der Waals surface area contributed by atoms with Crippen molar-refractivity contribution in [3.05, 3.63) is 18.1 Å².